The first-order valence-electron chi connectivity index (χ1n) is 5.56. The van der Waals surface area contributed by atoms with Gasteiger partial charge in [0.2, 0.25) is 11.8 Å². The Balaban J connectivity index is 2.28. The molecule has 16 heavy (non-hydrogen) atoms. The van der Waals surface area contributed by atoms with E-state index in [9.17, 15) is 9.59 Å². The highest BCUT2D eigenvalue weighted by Crippen LogP contribution is 2.27. The topological polar surface area (TPSA) is 40.6 Å². The molecule has 0 aromatic heterocycles. The molecule has 2 fully saturated rings. The number of hydrogen-bond acceptors (Lipinski definition) is 2. The molecule has 0 radical (unpaired) electrons. The lowest BCUT2D eigenvalue weighted by atomic mass is 10.00. The largest absolute Gasteiger partial charge is 0.329 e. The normalized spacial score (nSPS) is 25.7. The highest BCUT2D eigenvalue weighted by molar-refractivity contribution is 5.96. The van der Waals surface area contributed by atoms with Gasteiger partial charge in [0, 0.05) is 6.54 Å². The van der Waals surface area contributed by atoms with Crippen LogP contribution in [0, 0.1) is 12.3 Å². The first-order chi connectivity index (χ1) is 7.47. The van der Waals surface area contributed by atoms with E-state index in [1.807, 2.05) is 0 Å². The Morgan fingerprint density at radius 1 is 1.44 bits per heavy atom. The molecule has 0 N–H and O–H groups in total. The van der Waals surface area contributed by atoms with E-state index in [2.05, 4.69) is 5.92 Å². The molecule has 0 aromatic rings. The highest BCUT2D eigenvalue weighted by Gasteiger charge is 2.45. The van der Waals surface area contributed by atoms with E-state index < -0.39 is 5.54 Å². The minimum Gasteiger partial charge on any atom is -0.329 e. The van der Waals surface area contributed by atoms with Crippen molar-refractivity contribution in [3.05, 3.63) is 0 Å². The maximum Gasteiger partial charge on any atom is 0.247 e. The minimum absolute atomic E-state index is 0.0000463. The number of amides is 2. The fourth-order valence-corrected chi connectivity index (χ4v) is 2.36. The second-order valence-corrected chi connectivity index (χ2v) is 4.87. The van der Waals surface area contributed by atoms with Crippen molar-refractivity contribution in [2.24, 2.45) is 0 Å². The Morgan fingerprint density at radius 2 is 2.12 bits per heavy atom. The molecule has 86 valence electrons. The van der Waals surface area contributed by atoms with Crippen molar-refractivity contribution in [2.45, 2.75) is 38.3 Å². The van der Waals surface area contributed by atoms with E-state index in [0.717, 1.165) is 12.8 Å². The molecule has 2 aliphatic rings. The van der Waals surface area contributed by atoms with E-state index >= 15 is 0 Å². The van der Waals surface area contributed by atoms with Crippen molar-refractivity contribution in [2.75, 3.05) is 13.1 Å². The van der Waals surface area contributed by atoms with Gasteiger partial charge in [-0.2, -0.15) is 0 Å². The molecule has 2 heterocycles. The third kappa shape index (κ3) is 1.47. The molecule has 0 spiro atoms. The van der Waals surface area contributed by atoms with Crippen LogP contribution < -0.4 is 0 Å². The Kier molecular flexibility index (Phi) is 2.42. The van der Waals surface area contributed by atoms with E-state index in [1.165, 1.54) is 4.90 Å². The second kappa shape index (κ2) is 3.51. The van der Waals surface area contributed by atoms with E-state index in [1.54, 1.807) is 18.7 Å². The summed E-state index contributed by atoms with van der Waals surface area (Å²) in [6, 6.07) is -0.270. The zero-order valence-electron chi connectivity index (χ0n) is 9.69. The predicted molar refractivity (Wildman–Crippen MR) is 59.4 cm³/mol. The van der Waals surface area contributed by atoms with Crippen molar-refractivity contribution < 1.29 is 9.59 Å². The SMILES string of the molecule is C#CC(C)(C)N1CC(=O)N2CCCC2C1=O. The molecular formula is C12H16N2O2. The molecule has 0 bridgehead atoms. The van der Waals surface area contributed by atoms with Gasteiger partial charge in [0.15, 0.2) is 0 Å². The number of piperazine rings is 1. The average Bonchev–Trinajstić information content (AvgIpc) is 2.72. The minimum atomic E-state index is -0.679. The summed E-state index contributed by atoms with van der Waals surface area (Å²) in [4.78, 5) is 27.3. The van der Waals surface area contributed by atoms with Crippen molar-refractivity contribution >= 4 is 11.8 Å². The van der Waals surface area contributed by atoms with Crippen LogP contribution in [0.15, 0.2) is 0 Å². The van der Waals surface area contributed by atoms with E-state index in [-0.39, 0.29) is 24.4 Å². The third-order valence-electron chi connectivity index (χ3n) is 3.45. The molecule has 4 heteroatoms. The fraction of sp³-hybridized carbons (Fsp3) is 0.667. The summed E-state index contributed by atoms with van der Waals surface area (Å²) in [5.41, 5.74) is -0.679. The zero-order valence-corrected chi connectivity index (χ0v) is 9.69. The van der Waals surface area contributed by atoms with Gasteiger partial charge in [-0.25, -0.2) is 0 Å². The molecule has 4 nitrogen and oxygen atoms in total. The van der Waals surface area contributed by atoms with Gasteiger partial charge in [0.25, 0.3) is 0 Å². The van der Waals surface area contributed by atoms with Crippen LogP contribution in [-0.4, -0.2) is 46.3 Å². The number of fused-ring (bicyclic) bond motifs is 1. The quantitative estimate of drug-likeness (QED) is 0.594. The highest BCUT2D eigenvalue weighted by atomic mass is 16.2. The lowest BCUT2D eigenvalue weighted by Crippen LogP contribution is -2.62. The molecule has 1 atom stereocenters. The predicted octanol–water partition coefficient (Wildman–Crippen LogP) is 0.231. The maximum absolute atomic E-state index is 12.2. The molecule has 2 amide bonds. The van der Waals surface area contributed by atoms with E-state index in [0.29, 0.717) is 6.54 Å². The summed E-state index contributed by atoms with van der Waals surface area (Å²) in [6.07, 6.45) is 7.09. The number of hydrogen-bond donors (Lipinski definition) is 0. The van der Waals surface area contributed by atoms with E-state index in [4.69, 9.17) is 6.42 Å². The molecule has 2 saturated heterocycles. The summed E-state index contributed by atoms with van der Waals surface area (Å²) >= 11 is 0. The zero-order chi connectivity index (χ0) is 11.9. The van der Waals surface area contributed by atoms with Crippen LogP contribution in [-0.2, 0) is 9.59 Å². The molecule has 2 aliphatic heterocycles. The van der Waals surface area contributed by atoms with Gasteiger partial charge in [0.1, 0.15) is 12.6 Å². The maximum atomic E-state index is 12.2. The van der Waals surface area contributed by atoms with Crippen LogP contribution in [0.1, 0.15) is 26.7 Å². The van der Waals surface area contributed by atoms with Crippen LogP contribution in [0.5, 0.6) is 0 Å². The molecule has 0 saturated carbocycles. The van der Waals surface area contributed by atoms with Crippen LogP contribution >= 0.6 is 0 Å². The van der Waals surface area contributed by atoms with Crippen LogP contribution in [0.25, 0.3) is 0 Å². The van der Waals surface area contributed by atoms with Gasteiger partial charge in [-0.1, -0.05) is 5.92 Å². The van der Waals surface area contributed by atoms with Crippen molar-refractivity contribution in [3.8, 4) is 12.3 Å². The Labute approximate surface area is 95.6 Å². The number of nitrogens with zero attached hydrogens (tertiary/aromatic N) is 2. The van der Waals surface area contributed by atoms with Crippen LogP contribution in [0.4, 0.5) is 0 Å². The number of terminal acetylenes is 1. The van der Waals surface area contributed by atoms with Crippen molar-refractivity contribution in [3.63, 3.8) is 0 Å². The van der Waals surface area contributed by atoms with Gasteiger partial charge in [-0.15, -0.1) is 6.42 Å². The van der Waals surface area contributed by atoms with Crippen molar-refractivity contribution in [1.29, 1.82) is 0 Å². The first-order valence-corrected chi connectivity index (χ1v) is 5.56. The first kappa shape index (κ1) is 11.0. The summed E-state index contributed by atoms with van der Waals surface area (Å²) in [5.74, 6) is 2.60. The number of carbonyl (C=O) groups is 2. The van der Waals surface area contributed by atoms with Crippen LogP contribution in [0.3, 0.4) is 0 Å². The average molecular weight is 220 g/mol. The summed E-state index contributed by atoms with van der Waals surface area (Å²) in [7, 11) is 0. The fourth-order valence-electron chi connectivity index (χ4n) is 2.36. The summed E-state index contributed by atoms with van der Waals surface area (Å²) in [6.45, 7) is 4.41. The Hall–Kier alpha value is -1.50. The molecule has 0 aromatic carbocycles. The lowest BCUT2D eigenvalue weighted by Gasteiger charge is -2.42. The monoisotopic (exact) mass is 220 g/mol. The van der Waals surface area contributed by atoms with Crippen LogP contribution in [0.2, 0.25) is 0 Å². The van der Waals surface area contributed by atoms with Gasteiger partial charge >= 0.3 is 0 Å². The molecular weight excluding hydrogens is 204 g/mol. The van der Waals surface area contributed by atoms with Gasteiger partial charge in [-0.05, 0) is 26.7 Å². The standard InChI is InChI=1S/C12H16N2O2/c1-4-12(2,3)14-8-10(15)13-7-5-6-9(13)11(14)16/h1,9H,5-8H2,2-3H3. The molecule has 1 unspecified atom stereocenters. The van der Waals surface area contributed by atoms with Gasteiger partial charge in [-0.3, -0.25) is 9.59 Å². The molecule has 0 aliphatic carbocycles. The smallest absolute Gasteiger partial charge is 0.247 e. The number of carbonyl (C=O) groups excluding carboxylic acids is 2. The third-order valence-corrected chi connectivity index (χ3v) is 3.45. The number of rotatable bonds is 1. The second-order valence-electron chi connectivity index (χ2n) is 4.87. The Morgan fingerprint density at radius 3 is 2.75 bits per heavy atom. The van der Waals surface area contributed by atoms with Gasteiger partial charge in [0.05, 0.1) is 5.54 Å². The Bertz CT molecular complexity index is 381. The lowest BCUT2D eigenvalue weighted by molar-refractivity contribution is -0.157. The summed E-state index contributed by atoms with van der Waals surface area (Å²) < 4.78 is 0. The summed E-state index contributed by atoms with van der Waals surface area (Å²) in [5, 5.41) is 0. The molecule has 2 rings (SSSR count). The van der Waals surface area contributed by atoms with Crippen molar-refractivity contribution in [1.82, 2.24) is 9.80 Å². The van der Waals surface area contributed by atoms with Gasteiger partial charge < -0.3 is 9.80 Å².